The fourth-order valence-corrected chi connectivity index (χ4v) is 2.12. The van der Waals surface area contributed by atoms with E-state index in [4.69, 9.17) is 28.9 Å². The van der Waals surface area contributed by atoms with Crippen molar-refractivity contribution in [2.45, 2.75) is 6.10 Å². The molecule has 1 heterocycles. The molecule has 2 rings (SSSR count). The van der Waals surface area contributed by atoms with Crippen LogP contribution in [0.1, 0.15) is 17.2 Å². The van der Waals surface area contributed by atoms with Gasteiger partial charge < -0.3 is 10.8 Å². The van der Waals surface area contributed by atoms with Crippen molar-refractivity contribution in [1.82, 2.24) is 4.98 Å². The molecule has 1 unspecified atom stereocenters. The second-order valence-corrected chi connectivity index (χ2v) is 4.46. The average Bonchev–Trinajstić information content (AvgIpc) is 2.27. The SMILES string of the molecule is Nc1ncccc1C(O)c1cc(Cl)cc(Cl)c1. The summed E-state index contributed by atoms with van der Waals surface area (Å²) >= 11 is 11.8. The van der Waals surface area contributed by atoms with E-state index in [0.717, 1.165) is 0 Å². The van der Waals surface area contributed by atoms with Crippen molar-refractivity contribution >= 4 is 29.0 Å². The Morgan fingerprint density at radius 2 is 1.82 bits per heavy atom. The number of aliphatic hydroxyl groups is 1. The molecule has 0 amide bonds. The number of nitrogens with zero attached hydrogens (tertiary/aromatic N) is 1. The third-order valence-corrected chi connectivity index (χ3v) is 2.80. The first kappa shape index (κ1) is 12.2. The van der Waals surface area contributed by atoms with Crippen LogP contribution in [0.15, 0.2) is 36.5 Å². The van der Waals surface area contributed by atoms with E-state index in [1.54, 1.807) is 36.5 Å². The molecule has 0 spiro atoms. The van der Waals surface area contributed by atoms with Gasteiger partial charge in [0, 0.05) is 21.8 Å². The molecule has 5 heteroatoms. The van der Waals surface area contributed by atoms with Crippen LogP contribution in [0.5, 0.6) is 0 Å². The molecule has 1 aromatic heterocycles. The Labute approximate surface area is 109 Å². The number of hydrogen-bond acceptors (Lipinski definition) is 3. The highest BCUT2D eigenvalue weighted by atomic mass is 35.5. The minimum Gasteiger partial charge on any atom is -0.384 e. The van der Waals surface area contributed by atoms with Crippen molar-refractivity contribution < 1.29 is 5.11 Å². The highest BCUT2D eigenvalue weighted by Gasteiger charge is 2.14. The highest BCUT2D eigenvalue weighted by Crippen LogP contribution is 2.29. The molecule has 0 aliphatic heterocycles. The Kier molecular flexibility index (Phi) is 3.52. The molecular weight excluding hydrogens is 259 g/mol. The molecule has 2 aromatic rings. The number of anilines is 1. The lowest BCUT2D eigenvalue weighted by atomic mass is 10.0. The number of nitrogen functional groups attached to an aromatic ring is 1. The van der Waals surface area contributed by atoms with Gasteiger partial charge in [-0.15, -0.1) is 0 Å². The van der Waals surface area contributed by atoms with Gasteiger partial charge in [-0.25, -0.2) is 4.98 Å². The Bertz CT molecular complexity index is 526. The number of aliphatic hydroxyl groups excluding tert-OH is 1. The van der Waals surface area contributed by atoms with Crippen molar-refractivity contribution in [1.29, 1.82) is 0 Å². The Morgan fingerprint density at radius 3 is 2.41 bits per heavy atom. The largest absolute Gasteiger partial charge is 0.384 e. The molecule has 0 fully saturated rings. The van der Waals surface area contributed by atoms with Crippen molar-refractivity contribution in [3.8, 4) is 0 Å². The van der Waals surface area contributed by atoms with E-state index in [1.165, 1.54) is 0 Å². The van der Waals surface area contributed by atoms with Crippen LogP contribution < -0.4 is 5.73 Å². The van der Waals surface area contributed by atoms with Gasteiger partial charge in [-0.3, -0.25) is 0 Å². The molecule has 0 bridgehead atoms. The number of rotatable bonds is 2. The summed E-state index contributed by atoms with van der Waals surface area (Å²) in [6.07, 6.45) is 0.677. The van der Waals surface area contributed by atoms with Gasteiger partial charge in [0.2, 0.25) is 0 Å². The van der Waals surface area contributed by atoms with Crippen molar-refractivity contribution in [3.05, 3.63) is 57.7 Å². The third-order valence-electron chi connectivity index (χ3n) is 2.37. The van der Waals surface area contributed by atoms with Crippen LogP contribution in [-0.4, -0.2) is 10.1 Å². The van der Waals surface area contributed by atoms with Gasteiger partial charge in [0.15, 0.2) is 0 Å². The summed E-state index contributed by atoms with van der Waals surface area (Å²) in [4.78, 5) is 3.92. The number of nitrogens with two attached hydrogens (primary N) is 1. The van der Waals surface area contributed by atoms with E-state index in [-0.39, 0.29) is 5.82 Å². The fraction of sp³-hybridized carbons (Fsp3) is 0.0833. The summed E-state index contributed by atoms with van der Waals surface area (Å²) in [7, 11) is 0. The topological polar surface area (TPSA) is 59.1 Å². The Morgan fingerprint density at radius 1 is 1.18 bits per heavy atom. The standard InChI is InChI=1S/C12H10Cl2N2O/c13-8-4-7(5-9(14)6-8)11(17)10-2-1-3-16-12(10)15/h1-6,11,17H,(H2,15,16). The Hall–Kier alpha value is -1.29. The molecule has 17 heavy (non-hydrogen) atoms. The maximum Gasteiger partial charge on any atom is 0.129 e. The lowest BCUT2D eigenvalue weighted by molar-refractivity contribution is 0.221. The molecule has 1 aromatic carbocycles. The lowest BCUT2D eigenvalue weighted by Gasteiger charge is -2.13. The van der Waals surface area contributed by atoms with Gasteiger partial charge in [0.1, 0.15) is 11.9 Å². The summed E-state index contributed by atoms with van der Waals surface area (Å²) in [5, 5.41) is 11.1. The molecule has 88 valence electrons. The molecule has 0 saturated carbocycles. The van der Waals surface area contributed by atoms with Crippen molar-refractivity contribution in [2.24, 2.45) is 0 Å². The molecule has 3 nitrogen and oxygen atoms in total. The zero-order valence-electron chi connectivity index (χ0n) is 8.77. The van der Waals surface area contributed by atoms with E-state index < -0.39 is 6.10 Å². The zero-order chi connectivity index (χ0) is 12.4. The molecular formula is C12H10Cl2N2O. The van der Waals surface area contributed by atoms with Gasteiger partial charge in [0.05, 0.1) is 0 Å². The van der Waals surface area contributed by atoms with Crippen molar-refractivity contribution in [2.75, 3.05) is 5.73 Å². The van der Waals surface area contributed by atoms with Crippen LogP contribution in [0, 0.1) is 0 Å². The quantitative estimate of drug-likeness (QED) is 0.880. The van der Waals surface area contributed by atoms with Crippen LogP contribution in [0.2, 0.25) is 10.0 Å². The number of benzene rings is 1. The van der Waals surface area contributed by atoms with E-state index in [9.17, 15) is 5.11 Å². The number of pyridine rings is 1. The van der Waals surface area contributed by atoms with Gasteiger partial charge in [-0.05, 0) is 29.8 Å². The second kappa shape index (κ2) is 4.92. The van der Waals surface area contributed by atoms with Crippen LogP contribution in [0.4, 0.5) is 5.82 Å². The van der Waals surface area contributed by atoms with Gasteiger partial charge in [0.25, 0.3) is 0 Å². The molecule has 0 aliphatic carbocycles. The number of halogens is 2. The number of hydrogen-bond donors (Lipinski definition) is 2. The summed E-state index contributed by atoms with van der Waals surface area (Å²) in [6.45, 7) is 0. The average molecular weight is 269 g/mol. The summed E-state index contributed by atoms with van der Waals surface area (Å²) in [6, 6.07) is 8.31. The van der Waals surface area contributed by atoms with Crippen LogP contribution in [0.25, 0.3) is 0 Å². The van der Waals surface area contributed by atoms with Crippen LogP contribution in [-0.2, 0) is 0 Å². The minimum absolute atomic E-state index is 0.288. The monoisotopic (exact) mass is 268 g/mol. The van der Waals surface area contributed by atoms with E-state index in [1.807, 2.05) is 0 Å². The highest BCUT2D eigenvalue weighted by molar-refractivity contribution is 6.34. The minimum atomic E-state index is -0.889. The van der Waals surface area contributed by atoms with E-state index in [2.05, 4.69) is 4.98 Å². The predicted octanol–water partition coefficient (Wildman–Crippen LogP) is 3.05. The maximum atomic E-state index is 10.2. The molecule has 1 atom stereocenters. The maximum absolute atomic E-state index is 10.2. The van der Waals surface area contributed by atoms with Crippen LogP contribution >= 0.6 is 23.2 Å². The second-order valence-electron chi connectivity index (χ2n) is 3.58. The molecule has 3 N–H and O–H groups in total. The van der Waals surface area contributed by atoms with Gasteiger partial charge in [-0.2, -0.15) is 0 Å². The zero-order valence-corrected chi connectivity index (χ0v) is 10.3. The Balaban J connectivity index is 2.43. The van der Waals surface area contributed by atoms with Gasteiger partial charge in [-0.1, -0.05) is 29.3 Å². The van der Waals surface area contributed by atoms with Crippen molar-refractivity contribution in [3.63, 3.8) is 0 Å². The van der Waals surface area contributed by atoms with Gasteiger partial charge >= 0.3 is 0 Å². The van der Waals surface area contributed by atoms with Crippen LogP contribution in [0.3, 0.4) is 0 Å². The fourth-order valence-electron chi connectivity index (χ4n) is 1.57. The normalized spacial score (nSPS) is 12.4. The summed E-state index contributed by atoms with van der Waals surface area (Å²) < 4.78 is 0. The summed E-state index contributed by atoms with van der Waals surface area (Å²) in [5.41, 5.74) is 6.82. The lowest BCUT2D eigenvalue weighted by Crippen LogP contribution is -2.05. The molecule has 0 radical (unpaired) electrons. The predicted molar refractivity (Wildman–Crippen MR) is 69.2 cm³/mol. The first-order chi connectivity index (χ1) is 8.08. The van der Waals surface area contributed by atoms with E-state index >= 15 is 0 Å². The molecule has 0 aliphatic rings. The summed E-state index contributed by atoms with van der Waals surface area (Å²) in [5.74, 6) is 0.288. The smallest absolute Gasteiger partial charge is 0.129 e. The molecule has 0 saturated heterocycles. The third kappa shape index (κ3) is 2.69. The van der Waals surface area contributed by atoms with E-state index in [0.29, 0.717) is 21.2 Å². The number of aromatic nitrogens is 1. The first-order valence-corrected chi connectivity index (χ1v) is 5.68. The first-order valence-electron chi connectivity index (χ1n) is 4.92.